The number of carbonyl (C=O) groups is 1. The molecule has 0 fully saturated rings. The van der Waals surface area contributed by atoms with Crippen molar-refractivity contribution in [3.05, 3.63) is 29.8 Å². The van der Waals surface area contributed by atoms with Crippen LogP contribution in [0, 0.1) is 0 Å². The van der Waals surface area contributed by atoms with E-state index in [2.05, 4.69) is 0 Å². The van der Waals surface area contributed by atoms with E-state index in [0.717, 1.165) is 6.08 Å². The van der Waals surface area contributed by atoms with Crippen molar-refractivity contribution in [3.8, 4) is 11.5 Å². The number of benzene rings is 1. The second-order valence-corrected chi connectivity index (χ2v) is 2.60. The molecule has 0 spiro atoms. The number of aliphatic carboxylic acids is 1. The topological polar surface area (TPSA) is 66.8 Å². The van der Waals surface area contributed by atoms with Gasteiger partial charge in [-0.05, 0) is 23.8 Å². The third kappa shape index (κ3) is 5.94. The molecule has 0 aliphatic carbocycles. The number of aromatic hydroxyl groups is 1. The number of rotatable bonds is 3. The van der Waals surface area contributed by atoms with E-state index in [9.17, 15) is 9.90 Å². The molecular formula is C10H12Na2O4. The molecule has 0 bridgehead atoms. The molecule has 0 aliphatic rings. The molecule has 0 aromatic heterocycles. The first kappa shape index (κ1) is 18.4. The summed E-state index contributed by atoms with van der Waals surface area (Å²) in [6, 6.07) is 4.59. The minimum atomic E-state index is -1.02. The summed E-state index contributed by atoms with van der Waals surface area (Å²) in [6.07, 6.45) is 2.44. The van der Waals surface area contributed by atoms with Crippen LogP contribution in [-0.4, -0.2) is 82.4 Å². The van der Waals surface area contributed by atoms with Crippen molar-refractivity contribution >= 4 is 71.2 Å². The van der Waals surface area contributed by atoms with Crippen LogP contribution in [0.15, 0.2) is 24.3 Å². The maximum atomic E-state index is 10.2. The predicted octanol–water partition coefficient (Wildman–Crippen LogP) is 0.202. The number of ether oxygens (including phenoxy) is 1. The number of carboxylic acid groups (broad SMARTS) is 1. The molecule has 0 saturated carbocycles. The predicted molar refractivity (Wildman–Crippen MR) is 65.6 cm³/mol. The van der Waals surface area contributed by atoms with Gasteiger partial charge < -0.3 is 14.9 Å². The van der Waals surface area contributed by atoms with Crippen LogP contribution in [-0.2, 0) is 4.79 Å². The Kier molecular flexibility index (Phi) is 10.5. The normalized spacial score (nSPS) is 9.06. The second-order valence-electron chi connectivity index (χ2n) is 2.60. The SMILES string of the molecule is COc1cc(C=CC(=O)O)ccc1O.[NaH].[NaH]. The molecule has 1 aromatic rings. The molecule has 0 atom stereocenters. The van der Waals surface area contributed by atoms with Crippen LogP contribution >= 0.6 is 0 Å². The Bertz CT molecular complexity index is 377. The van der Waals surface area contributed by atoms with Gasteiger partial charge in [0.15, 0.2) is 11.5 Å². The van der Waals surface area contributed by atoms with Crippen LogP contribution in [0.5, 0.6) is 11.5 Å². The van der Waals surface area contributed by atoms with Crippen molar-refractivity contribution in [2.75, 3.05) is 7.11 Å². The average Bonchev–Trinajstić information content (AvgIpc) is 2.16. The molecule has 0 unspecified atom stereocenters. The Balaban J connectivity index is 0. The van der Waals surface area contributed by atoms with Gasteiger partial charge in [0.05, 0.1) is 7.11 Å². The van der Waals surface area contributed by atoms with Gasteiger partial charge in [-0.3, -0.25) is 0 Å². The fraction of sp³-hybridized carbons (Fsp3) is 0.100. The monoisotopic (exact) mass is 242 g/mol. The zero-order valence-electron chi connectivity index (χ0n) is 7.60. The van der Waals surface area contributed by atoms with E-state index in [-0.39, 0.29) is 64.9 Å². The molecule has 1 rings (SSSR count). The zero-order chi connectivity index (χ0) is 10.6. The van der Waals surface area contributed by atoms with Crippen molar-refractivity contribution in [1.82, 2.24) is 0 Å². The van der Waals surface area contributed by atoms with E-state index in [0.29, 0.717) is 11.3 Å². The molecule has 0 heterocycles. The molecule has 4 nitrogen and oxygen atoms in total. The molecule has 2 N–H and O–H groups in total. The van der Waals surface area contributed by atoms with Crippen LogP contribution in [0.4, 0.5) is 0 Å². The van der Waals surface area contributed by atoms with E-state index in [1.807, 2.05) is 0 Å². The summed E-state index contributed by atoms with van der Waals surface area (Å²) in [5.74, 6) is -0.672. The third-order valence-electron chi connectivity index (χ3n) is 1.62. The van der Waals surface area contributed by atoms with Gasteiger partial charge in [0.2, 0.25) is 0 Å². The molecule has 16 heavy (non-hydrogen) atoms. The quantitative estimate of drug-likeness (QED) is 0.587. The Morgan fingerprint density at radius 1 is 1.38 bits per heavy atom. The van der Waals surface area contributed by atoms with Crippen molar-refractivity contribution in [1.29, 1.82) is 0 Å². The molecule has 0 aliphatic heterocycles. The fourth-order valence-corrected chi connectivity index (χ4v) is 0.965. The number of phenols is 1. The van der Waals surface area contributed by atoms with Gasteiger partial charge in [0, 0.05) is 6.08 Å². The maximum absolute atomic E-state index is 10.2. The van der Waals surface area contributed by atoms with E-state index in [4.69, 9.17) is 9.84 Å². The second kappa shape index (κ2) is 9.10. The number of carboxylic acids is 1. The Hall–Kier alpha value is 0.0300. The van der Waals surface area contributed by atoms with Gasteiger partial charge in [0.25, 0.3) is 0 Å². The summed E-state index contributed by atoms with van der Waals surface area (Å²) >= 11 is 0. The number of methoxy groups -OCH3 is 1. The average molecular weight is 242 g/mol. The van der Waals surface area contributed by atoms with E-state index in [1.54, 1.807) is 12.1 Å². The number of hydrogen-bond acceptors (Lipinski definition) is 3. The van der Waals surface area contributed by atoms with Crippen LogP contribution in [0.2, 0.25) is 0 Å². The standard InChI is InChI=1S/C10H10O4.2Na.2H/c1-14-9-6-7(2-4-8(9)11)3-5-10(12)13;;;;/h2-6,11H,1H3,(H,12,13);;;;. The number of phenolic OH excluding ortho intramolecular Hbond substituents is 1. The van der Waals surface area contributed by atoms with Crippen molar-refractivity contribution in [2.24, 2.45) is 0 Å². The van der Waals surface area contributed by atoms with E-state index < -0.39 is 5.97 Å². The summed E-state index contributed by atoms with van der Waals surface area (Å²) < 4.78 is 4.86. The summed E-state index contributed by atoms with van der Waals surface area (Å²) in [6.45, 7) is 0. The summed E-state index contributed by atoms with van der Waals surface area (Å²) in [4.78, 5) is 10.2. The van der Waals surface area contributed by atoms with Gasteiger partial charge >= 0.3 is 65.1 Å². The summed E-state index contributed by atoms with van der Waals surface area (Å²) in [5, 5.41) is 17.6. The molecule has 0 radical (unpaired) electrons. The van der Waals surface area contributed by atoms with Crippen molar-refractivity contribution in [3.63, 3.8) is 0 Å². The summed E-state index contributed by atoms with van der Waals surface area (Å²) in [5.41, 5.74) is 0.655. The Morgan fingerprint density at radius 2 is 2.00 bits per heavy atom. The Morgan fingerprint density at radius 3 is 2.50 bits per heavy atom. The fourth-order valence-electron chi connectivity index (χ4n) is 0.965. The van der Waals surface area contributed by atoms with Crippen LogP contribution in [0.1, 0.15) is 5.56 Å². The third-order valence-corrected chi connectivity index (χ3v) is 1.62. The molecule has 1 aromatic carbocycles. The van der Waals surface area contributed by atoms with Gasteiger partial charge in [-0.15, -0.1) is 0 Å². The number of hydrogen-bond donors (Lipinski definition) is 2. The van der Waals surface area contributed by atoms with Crippen LogP contribution in [0.3, 0.4) is 0 Å². The van der Waals surface area contributed by atoms with Crippen LogP contribution < -0.4 is 4.74 Å². The molecule has 78 valence electrons. The van der Waals surface area contributed by atoms with Gasteiger partial charge in [0.1, 0.15) is 0 Å². The van der Waals surface area contributed by atoms with E-state index >= 15 is 0 Å². The Labute approximate surface area is 138 Å². The van der Waals surface area contributed by atoms with Gasteiger partial charge in [-0.25, -0.2) is 4.79 Å². The molecule has 0 saturated heterocycles. The molecular weight excluding hydrogens is 230 g/mol. The van der Waals surface area contributed by atoms with Gasteiger partial charge in [-0.2, -0.15) is 0 Å². The zero-order valence-corrected chi connectivity index (χ0v) is 7.60. The first-order chi connectivity index (χ1) is 6.63. The van der Waals surface area contributed by atoms with Crippen molar-refractivity contribution in [2.45, 2.75) is 0 Å². The molecule has 6 heteroatoms. The van der Waals surface area contributed by atoms with Crippen LogP contribution in [0.25, 0.3) is 6.08 Å². The first-order valence-corrected chi connectivity index (χ1v) is 3.91. The van der Waals surface area contributed by atoms with Gasteiger partial charge in [-0.1, -0.05) is 6.07 Å². The minimum absolute atomic E-state index is 0. The summed E-state index contributed by atoms with van der Waals surface area (Å²) in [7, 11) is 1.43. The van der Waals surface area contributed by atoms with Crippen molar-refractivity contribution < 1.29 is 19.7 Å². The van der Waals surface area contributed by atoms with E-state index in [1.165, 1.54) is 19.3 Å². The molecule has 0 amide bonds. The first-order valence-electron chi connectivity index (χ1n) is 3.91.